The summed E-state index contributed by atoms with van der Waals surface area (Å²) in [5, 5.41) is 16.8. The Morgan fingerprint density at radius 2 is 2.11 bits per heavy atom. The number of nitrogens with one attached hydrogen (secondary N) is 1. The average molecular weight is 248 g/mol. The SMILES string of the molecule is Cn1cc([N+](=O)[O-])c(C(=O)Nc2ncccn2)n1. The van der Waals surface area contributed by atoms with Gasteiger partial charge < -0.3 is 0 Å². The van der Waals surface area contributed by atoms with Crippen molar-refractivity contribution in [3.8, 4) is 0 Å². The number of carbonyl (C=O) groups excluding carboxylic acids is 1. The number of aryl methyl sites for hydroxylation is 1. The zero-order valence-electron chi connectivity index (χ0n) is 9.27. The van der Waals surface area contributed by atoms with Crippen molar-refractivity contribution in [2.75, 3.05) is 5.32 Å². The Bertz CT molecular complexity index is 594. The van der Waals surface area contributed by atoms with Crippen molar-refractivity contribution >= 4 is 17.5 Å². The van der Waals surface area contributed by atoms with E-state index in [0.717, 1.165) is 6.20 Å². The van der Waals surface area contributed by atoms with Crippen LogP contribution in [0.4, 0.5) is 11.6 Å². The molecule has 9 nitrogen and oxygen atoms in total. The molecule has 2 aromatic heterocycles. The maximum Gasteiger partial charge on any atom is 0.320 e. The topological polar surface area (TPSA) is 116 Å². The fourth-order valence-electron chi connectivity index (χ4n) is 1.30. The molecule has 1 amide bonds. The summed E-state index contributed by atoms with van der Waals surface area (Å²) in [6.45, 7) is 0. The van der Waals surface area contributed by atoms with E-state index in [4.69, 9.17) is 0 Å². The summed E-state index contributed by atoms with van der Waals surface area (Å²) in [6.07, 6.45) is 4.03. The van der Waals surface area contributed by atoms with Gasteiger partial charge in [0.25, 0.3) is 5.91 Å². The fraction of sp³-hybridized carbons (Fsp3) is 0.111. The number of hydrogen-bond acceptors (Lipinski definition) is 6. The molecule has 0 spiro atoms. The van der Waals surface area contributed by atoms with Crippen LogP contribution in [0.5, 0.6) is 0 Å². The molecule has 2 aromatic rings. The monoisotopic (exact) mass is 248 g/mol. The molecule has 1 N–H and O–H groups in total. The van der Waals surface area contributed by atoms with Gasteiger partial charge >= 0.3 is 5.69 Å². The molecule has 0 unspecified atom stereocenters. The van der Waals surface area contributed by atoms with Crippen LogP contribution in [0.1, 0.15) is 10.5 Å². The Labute approximate surface area is 101 Å². The average Bonchev–Trinajstić information content (AvgIpc) is 2.73. The van der Waals surface area contributed by atoms with Gasteiger partial charge in [-0.3, -0.25) is 24.9 Å². The maximum atomic E-state index is 11.8. The number of hydrogen-bond donors (Lipinski definition) is 1. The highest BCUT2D eigenvalue weighted by Gasteiger charge is 2.25. The summed E-state index contributed by atoms with van der Waals surface area (Å²) in [4.78, 5) is 29.4. The van der Waals surface area contributed by atoms with Crippen molar-refractivity contribution in [2.45, 2.75) is 0 Å². The second kappa shape index (κ2) is 4.57. The molecule has 0 saturated heterocycles. The van der Waals surface area contributed by atoms with Crippen molar-refractivity contribution in [3.05, 3.63) is 40.5 Å². The van der Waals surface area contributed by atoms with E-state index in [9.17, 15) is 14.9 Å². The van der Waals surface area contributed by atoms with E-state index in [0.29, 0.717) is 0 Å². The molecule has 0 aliphatic rings. The van der Waals surface area contributed by atoms with Crippen molar-refractivity contribution < 1.29 is 9.72 Å². The van der Waals surface area contributed by atoms with Gasteiger partial charge in [-0.05, 0) is 6.07 Å². The van der Waals surface area contributed by atoms with E-state index in [-0.39, 0.29) is 17.3 Å². The van der Waals surface area contributed by atoms with Gasteiger partial charge in [-0.15, -0.1) is 0 Å². The van der Waals surface area contributed by atoms with Gasteiger partial charge in [0.15, 0.2) is 0 Å². The lowest BCUT2D eigenvalue weighted by molar-refractivity contribution is -0.385. The van der Waals surface area contributed by atoms with Crippen LogP contribution in [0.2, 0.25) is 0 Å². The fourth-order valence-corrected chi connectivity index (χ4v) is 1.30. The molecular weight excluding hydrogens is 240 g/mol. The van der Waals surface area contributed by atoms with Gasteiger partial charge in [0.1, 0.15) is 6.20 Å². The molecule has 2 heterocycles. The van der Waals surface area contributed by atoms with E-state index in [2.05, 4.69) is 20.4 Å². The molecule has 0 radical (unpaired) electrons. The molecule has 0 fully saturated rings. The van der Waals surface area contributed by atoms with Gasteiger partial charge in [-0.2, -0.15) is 5.10 Å². The highest BCUT2D eigenvalue weighted by atomic mass is 16.6. The Hall–Kier alpha value is -2.84. The third kappa shape index (κ3) is 2.29. The first-order valence-corrected chi connectivity index (χ1v) is 4.84. The Balaban J connectivity index is 2.27. The third-order valence-electron chi connectivity index (χ3n) is 2.01. The summed E-state index contributed by atoms with van der Waals surface area (Å²) < 4.78 is 1.19. The Kier molecular flexibility index (Phi) is 2.96. The summed E-state index contributed by atoms with van der Waals surface area (Å²) in [5.41, 5.74) is -0.652. The highest BCUT2D eigenvalue weighted by molar-refractivity contribution is 6.04. The number of amides is 1. The number of nitrogens with zero attached hydrogens (tertiary/aromatic N) is 5. The predicted octanol–water partition coefficient (Wildman–Crippen LogP) is 0.371. The van der Waals surface area contributed by atoms with Crippen LogP contribution in [-0.4, -0.2) is 30.6 Å². The molecule has 18 heavy (non-hydrogen) atoms. The van der Waals surface area contributed by atoms with E-state index in [1.165, 1.54) is 24.1 Å². The first-order valence-electron chi connectivity index (χ1n) is 4.84. The van der Waals surface area contributed by atoms with Gasteiger partial charge in [0.2, 0.25) is 11.6 Å². The lowest BCUT2D eigenvalue weighted by Crippen LogP contribution is -2.16. The lowest BCUT2D eigenvalue weighted by atomic mass is 10.3. The van der Waals surface area contributed by atoms with Crippen molar-refractivity contribution in [1.82, 2.24) is 19.7 Å². The number of aromatic nitrogens is 4. The van der Waals surface area contributed by atoms with Gasteiger partial charge in [-0.1, -0.05) is 0 Å². The molecule has 92 valence electrons. The zero-order valence-corrected chi connectivity index (χ0v) is 9.27. The van der Waals surface area contributed by atoms with Crippen molar-refractivity contribution in [1.29, 1.82) is 0 Å². The second-order valence-corrected chi connectivity index (χ2v) is 3.32. The highest BCUT2D eigenvalue weighted by Crippen LogP contribution is 2.16. The molecule has 0 aliphatic carbocycles. The van der Waals surface area contributed by atoms with Gasteiger partial charge in [-0.25, -0.2) is 9.97 Å². The molecular formula is C9H8N6O3. The van der Waals surface area contributed by atoms with Crippen LogP contribution in [0.15, 0.2) is 24.7 Å². The van der Waals surface area contributed by atoms with Crippen LogP contribution >= 0.6 is 0 Å². The molecule has 0 saturated carbocycles. The first kappa shape index (κ1) is 11.6. The quantitative estimate of drug-likeness (QED) is 0.619. The smallest absolute Gasteiger partial charge is 0.289 e. The van der Waals surface area contributed by atoms with Crippen LogP contribution in [0.3, 0.4) is 0 Å². The van der Waals surface area contributed by atoms with Crippen LogP contribution in [-0.2, 0) is 7.05 Å². The number of rotatable bonds is 3. The number of nitro groups is 1. The standard InChI is InChI=1S/C9H8N6O3/c1-14-5-6(15(17)18)7(13-14)8(16)12-9-10-3-2-4-11-9/h2-5H,1H3,(H,10,11,12,16). The molecule has 0 aromatic carbocycles. The van der Waals surface area contributed by atoms with Crippen LogP contribution in [0.25, 0.3) is 0 Å². The minimum Gasteiger partial charge on any atom is -0.289 e. The molecule has 2 rings (SSSR count). The number of carbonyl (C=O) groups is 1. The normalized spacial score (nSPS) is 10.1. The summed E-state index contributed by atoms with van der Waals surface area (Å²) in [7, 11) is 1.49. The largest absolute Gasteiger partial charge is 0.320 e. The van der Waals surface area contributed by atoms with Gasteiger partial charge in [0.05, 0.1) is 4.92 Å². The molecule has 0 bridgehead atoms. The number of anilines is 1. The third-order valence-corrected chi connectivity index (χ3v) is 2.01. The van der Waals surface area contributed by atoms with Crippen molar-refractivity contribution in [3.63, 3.8) is 0 Å². The molecule has 9 heteroatoms. The molecule has 0 atom stereocenters. The van der Waals surface area contributed by atoms with E-state index >= 15 is 0 Å². The minimum absolute atomic E-state index is 0.0578. The predicted molar refractivity (Wildman–Crippen MR) is 59.8 cm³/mol. The van der Waals surface area contributed by atoms with E-state index < -0.39 is 10.8 Å². The van der Waals surface area contributed by atoms with E-state index in [1.807, 2.05) is 0 Å². The van der Waals surface area contributed by atoms with E-state index in [1.54, 1.807) is 6.07 Å². The van der Waals surface area contributed by atoms with Gasteiger partial charge in [0, 0.05) is 19.4 Å². The summed E-state index contributed by atoms with van der Waals surface area (Å²) in [5.74, 6) is -0.670. The minimum atomic E-state index is -0.728. The van der Waals surface area contributed by atoms with Crippen LogP contribution in [0, 0.1) is 10.1 Å². The summed E-state index contributed by atoms with van der Waals surface area (Å²) in [6, 6.07) is 1.58. The Morgan fingerprint density at radius 3 is 2.72 bits per heavy atom. The van der Waals surface area contributed by atoms with Crippen molar-refractivity contribution in [2.24, 2.45) is 7.05 Å². The zero-order chi connectivity index (χ0) is 13.1. The second-order valence-electron chi connectivity index (χ2n) is 3.32. The Morgan fingerprint density at radius 1 is 1.44 bits per heavy atom. The molecule has 0 aliphatic heterocycles. The summed E-state index contributed by atoms with van der Waals surface area (Å²) >= 11 is 0. The first-order chi connectivity index (χ1) is 8.58. The maximum absolute atomic E-state index is 11.8. The lowest BCUT2D eigenvalue weighted by Gasteiger charge is -1.99. The van der Waals surface area contributed by atoms with Crippen LogP contribution < -0.4 is 5.32 Å².